The van der Waals surface area contributed by atoms with E-state index in [9.17, 15) is 15.1 Å². The number of aliphatic hydroxyl groups excluding tert-OH is 1. The van der Waals surface area contributed by atoms with Crippen molar-refractivity contribution in [2.45, 2.75) is 84.1 Å². The summed E-state index contributed by atoms with van der Waals surface area (Å²) in [6, 6.07) is 9.89. The highest BCUT2D eigenvalue weighted by Gasteiger charge is 2.55. The predicted octanol–water partition coefficient (Wildman–Crippen LogP) is 4.17. The summed E-state index contributed by atoms with van der Waals surface area (Å²) in [5, 5.41) is 24.0. The molecule has 2 bridgehead atoms. The quantitative estimate of drug-likeness (QED) is 0.297. The minimum atomic E-state index is -1.20. The second kappa shape index (κ2) is 11.2. The van der Waals surface area contributed by atoms with E-state index in [1.54, 1.807) is 6.92 Å². The molecule has 7 atom stereocenters. The van der Waals surface area contributed by atoms with Gasteiger partial charge in [-0.2, -0.15) is 0 Å². The standard InChI is InChI=1S/C27H35NO6/c1-6-21-17(2)11-10-14-22(32-16-20-12-8-7-9-13-20)18(3)15-27(5)25(28-31)24(34-27)23(29)19(4)26(30)33-21/h7-9,12-14,18-19,21-24,29,31H,6,15-16H2,1-5H3/b17-14?,28-25-/t18-,19-,21-,22-,23-,24+,27+/m1/s1. The molecule has 0 aliphatic carbocycles. The van der Waals surface area contributed by atoms with Gasteiger partial charge in [-0.3, -0.25) is 4.79 Å². The van der Waals surface area contributed by atoms with Crippen LogP contribution in [-0.4, -0.2) is 52.0 Å². The number of hydrogen-bond acceptors (Lipinski definition) is 7. The predicted molar refractivity (Wildman–Crippen MR) is 127 cm³/mol. The fourth-order valence-corrected chi connectivity index (χ4v) is 4.51. The molecule has 0 saturated carbocycles. The molecule has 1 saturated heterocycles. The van der Waals surface area contributed by atoms with Gasteiger partial charge >= 0.3 is 5.97 Å². The fourth-order valence-electron chi connectivity index (χ4n) is 4.51. The molecule has 34 heavy (non-hydrogen) atoms. The van der Waals surface area contributed by atoms with Gasteiger partial charge in [-0.15, -0.1) is 0 Å². The average molecular weight is 470 g/mol. The number of benzene rings is 1. The van der Waals surface area contributed by atoms with Crippen molar-refractivity contribution < 1.29 is 29.3 Å². The van der Waals surface area contributed by atoms with E-state index in [1.165, 1.54) is 0 Å². The Balaban J connectivity index is 1.96. The lowest BCUT2D eigenvalue weighted by Gasteiger charge is -2.49. The molecule has 184 valence electrons. The first kappa shape index (κ1) is 26.0. The molecule has 7 heteroatoms. The number of carbonyl (C=O) groups excluding carboxylic acids is 1. The van der Waals surface area contributed by atoms with Crippen LogP contribution in [0.5, 0.6) is 0 Å². The number of fused-ring (bicyclic) bond motifs is 8. The van der Waals surface area contributed by atoms with E-state index in [0.717, 1.165) is 11.1 Å². The second-order valence-electron chi connectivity index (χ2n) is 9.43. The molecule has 0 radical (unpaired) electrons. The fraction of sp³-hybridized carbons (Fsp3) is 0.556. The molecule has 0 spiro atoms. The zero-order valence-electron chi connectivity index (χ0n) is 20.5. The molecule has 3 aliphatic heterocycles. The summed E-state index contributed by atoms with van der Waals surface area (Å²) in [6.45, 7) is 9.59. The zero-order valence-corrected chi connectivity index (χ0v) is 20.5. The van der Waals surface area contributed by atoms with E-state index in [4.69, 9.17) is 14.2 Å². The van der Waals surface area contributed by atoms with Gasteiger partial charge in [-0.25, -0.2) is 0 Å². The van der Waals surface area contributed by atoms with Crippen molar-refractivity contribution in [1.29, 1.82) is 0 Å². The molecule has 7 nitrogen and oxygen atoms in total. The van der Waals surface area contributed by atoms with E-state index in [0.29, 0.717) is 25.2 Å². The highest BCUT2D eigenvalue weighted by molar-refractivity contribution is 6.01. The van der Waals surface area contributed by atoms with Crippen LogP contribution in [0.4, 0.5) is 0 Å². The van der Waals surface area contributed by atoms with Crippen LogP contribution in [0.2, 0.25) is 0 Å². The van der Waals surface area contributed by atoms with Crippen molar-refractivity contribution in [3.8, 4) is 0 Å². The van der Waals surface area contributed by atoms with E-state index >= 15 is 0 Å². The van der Waals surface area contributed by atoms with Gasteiger partial charge in [0, 0.05) is 5.57 Å². The molecule has 1 fully saturated rings. The normalized spacial score (nSPS) is 35.6. The number of oxime groups is 1. The second-order valence-corrected chi connectivity index (χ2v) is 9.43. The maximum absolute atomic E-state index is 12.7. The summed E-state index contributed by atoms with van der Waals surface area (Å²) in [5.74, 6) is -1.45. The Kier molecular flexibility index (Phi) is 8.53. The summed E-state index contributed by atoms with van der Waals surface area (Å²) >= 11 is 0. The Labute approximate surface area is 201 Å². The third-order valence-corrected chi connectivity index (χ3v) is 6.69. The maximum Gasteiger partial charge on any atom is 0.312 e. The molecule has 0 amide bonds. The molecule has 3 heterocycles. The van der Waals surface area contributed by atoms with Gasteiger partial charge in [0.15, 0.2) is 0 Å². The minimum Gasteiger partial charge on any atom is -0.457 e. The lowest BCUT2D eigenvalue weighted by Crippen LogP contribution is -2.65. The number of rotatable bonds is 4. The summed E-state index contributed by atoms with van der Waals surface area (Å²) in [4.78, 5) is 12.7. The van der Waals surface area contributed by atoms with Crippen LogP contribution in [0.1, 0.15) is 53.0 Å². The lowest BCUT2D eigenvalue weighted by molar-refractivity contribution is -0.170. The highest BCUT2D eigenvalue weighted by Crippen LogP contribution is 2.39. The van der Waals surface area contributed by atoms with Crippen molar-refractivity contribution >= 4 is 11.7 Å². The van der Waals surface area contributed by atoms with Crippen molar-refractivity contribution in [2.75, 3.05) is 0 Å². The van der Waals surface area contributed by atoms with Crippen molar-refractivity contribution in [3.05, 3.63) is 59.0 Å². The number of aliphatic hydroxyl groups is 1. The maximum atomic E-state index is 12.7. The number of carbonyl (C=O) groups is 1. The number of esters is 1. The van der Waals surface area contributed by atoms with Gasteiger partial charge in [0.1, 0.15) is 23.5 Å². The molecular formula is C27H35NO6. The van der Waals surface area contributed by atoms with Gasteiger partial charge in [0.2, 0.25) is 0 Å². The highest BCUT2D eigenvalue weighted by atomic mass is 16.6. The number of hydrogen-bond donors (Lipinski definition) is 2. The molecule has 4 rings (SSSR count). The smallest absolute Gasteiger partial charge is 0.312 e. The Hall–Kier alpha value is -2.66. The van der Waals surface area contributed by atoms with Crippen LogP contribution < -0.4 is 0 Å². The van der Waals surface area contributed by atoms with Gasteiger partial charge in [-0.1, -0.05) is 60.8 Å². The van der Waals surface area contributed by atoms with Crippen LogP contribution >= 0.6 is 0 Å². The van der Waals surface area contributed by atoms with E-state index in [1.807, 2.05) is 64.1 Å². The molecular weight excluding hydrogens is 434 g/mol. The summed E-state index contributed by atoms with van der Waals surface area (Å²) in [5.41, 5.74) is 7.37. The van der Waals surface area contributed by atoms with Gasteiger partial charge in [0.05, 0.1) is 24.7 Å². The largest absolute Gasteiger partial charge is 0.457 e. The number of ether oxygens (including phenoxy) is 3. The van der Waals surface area contributed by atoms with Crippen LogP contribution in [-0.2, 0) is 25.6 Å². The monoisotopic (exact) mass is 469 g/mol. The first-order chi connectivity index (χ1) is 16.2. The molecule has 1 aromatic carbocycles. The van der Waals surface area contributed by atoms with Crippen LogP contribution in [0.25, 0.3) is 0 Å². The molecule has 0 aromatic heterocycles. The number of nitrogens with zero attached hydrogens (tertiary/aromatic N) is 1. The molecule has 3 aliphatic rings. The Morgan fingerprint density at radius 3 is 2.62 bits per heavy atom. The van der Waals surface area contributed by atoms with E-state index in [-0.39, 0.29) is 12.0 Å². The van der Waals surface area contributed by atoms with Crippen molar-refractivity contribution in [3.63, 3.8) is 0 Å². The third-order valence-electron chi connectivity index (χ3n) is 6.69. The Bertz CT molecular complexity index is 992. The Morgan fingerprint density at radius 1 is 1.26 bits per heavy atom. The minimum absolute atomic E-state index is 0.0411. The molecule has 1 aromatic rings. The van der Waals surface area contributed by atoms with Gasteiger partial charge < -0.3 is 24.5 Å². The first-order valence-corrected chi connectivity index (χ1v) is 11.8. The van der Waals surface area contributed by atoms with Crippen LogP contribution in [0.15, 0.2) is 58.6 Å². The summed E-state index contributed by atoms with van der Waals surface area (Å²) in [7, 11) is 0. The zero-order chi connectivity index (χ0) is 24.9. The van der Waals surface area contributed by atoms with E-state index < -0.39 is 35.8 Å². The average Bonchev–Trinajstić information content (AvgIpc) is 2.82. The van der Waals surface area contributed by atoms with Crippen LogP contribution in [0, 0.1) is 11.8 Å². The summed E-state index contributed by atoms with van der Waals surface area (Å²) < 4.78 is 17.9. The lowest BCUT2D eigenvalue weighted by atomic mass is 9.76. The van der Waals surface area contributed by atoms with Crippen molar-refractivity contribution in [1.82, 2.24) is 0 Å². The molecule has 2 N–H and O–H groups in total. The van der Waals surface area contributed by atoms with Crippen LogP contribution in [0.3, 0.4) is 0 Å². The van der Waals surface area contributed by atoms with Gasteiger partial charge in [0.25, 0.3) is 0 Å². The SMILES string of the molecule is CC[C@H]1OC(=O)[C@H](C)[C@@H](O)[C@@H]2O[C@@](C)(C[C@@H](C)[C@H](OCc3ccccc3)C=C=C=C1C)/C2=N\O. The first-order valence-electron chi connectivity index (χ1n) is 11.8. The molecule has 0 unspecified atom stereocenters. The van der Waals surface area contributed by atoms with E-state index in [2.05, 4.69) is 16.6 Å². The van der Waals surface area contributed by atoms with Crippen molar-refractivity contribution in [2.24, 2.45) is 17.0 Å². The summed E-state index contributed by atoms with van der Waals surface area (Å²) in [6.07, 6.45) is -0.0497. The van der Waals surface area contributed by atoms with Gasteiger partial charge in [-0.05, 0) is 51.2 Å². The third kappa shape index (κ3) is 5.69. The topological polar surface area (TPSA) is 97.6 Å². The Morgan fingerprint density at radius 2 is 1.97 bits per heavy atom.